The van der Waals surface area contributed by atoms with Crippen molar-refractivity contribution in [1.82, 2.24) is 25.0 Å². The topological polar surface area (TPSA) is 104 Å². The molecule has 11 heteroatoms. The summed E-state index contributed by atoms with van der Waals surface area (Å²) in [5.74, 6) is 2.01. The van der Waals surface area contributed by atoms with E-state index in [-0.39, 0.29) is 17.8 Å². The first-order chi connectivity index (χ1) is 15.5. The zero-order valence-electron chi connectivity index (χ0n) is 18.3. The van der Waals surface area contributed by atoms with Crippen LogP contribution in [0.4, 0.5) is 5.13 Å². The Balaban J connectivity index is 1.64. The molecule has 2 aromatic heterocycles. The normalized spacial score (nSPS) is 11.7. The van der Waals surface area contributed by atoms with E-state index >= 15 is 0 Å². The van der Waals surface area contributed by atoms with Crippen molar-refractivity contribution in [2.75, 3.05) is 18.2 Å². The Morgan fingerprint density at radius 2 is 2.12 bits per heavy atom. The summed E-state index contributed by atoms with van der Waals surface area (Å²) in [5.41, 5.74) is 0. The van der Waals surface area contributed by atoms with Crippen LogP contribution < -0.4 is 14.8 Å². The lowest BCUT2D eigenvalue weighted by Gasteiger charge is -2.16. The lowest BCUT2D eigenvalue weighted by molar-refractivity contribution is -0.113. The van der Waals surface area contributed by atoms with Crippen molar-refractivity contribution < 1.29 is 14.3 Å². The van der Waals surface area contributed by atoms with Gasteiger partial charge in [-0.05, 0) is 25.5 Å². The van der Waals surface area contributed by atoms with Gasteiger partial charge in [-0.3, -0.25) is 14.7 Å². The summed E-state index contributed by atoms with van der Waals surface area (Å²) in [7, 11) is 1.61. The fourth-order valence-corrected chi connectivity index (χ4v) is 4.46. The number of rotatable bonds is 12. The number of aryl methyl sites for hydroxylation is 1. The van der Waals surface area contributed by atoms with Crippen molar-refractivity contribution in [3.8, 4) is 11.5 Å². The minimum absolute atomic E-state index is 0.170. The molecule has 32 heavy (non-hydrogen) atoms. The van der Waals surface area contributed by atoms with Crippen LogP contribution in [0.1, 0.15) is 37.2 Å². The number of hydrogen-bond donors (Lipinski definition) is 1. The molecule has 1 unspecified atom stereocenters. The molecule has 0 saturated heterocycles. The highest BCUT2D eigenvalue weighted by molar-refractivity contribution is 7.99. The standard InChI is InChI=1S/C21H26N6O3S2/c1-5-8-18-23-25-20(32-18)22-17(28)13-31-21-26-24-19(27(21)11-6-2)14(3)30-16-10-7-9-15(12-16)29-4/h6-7,9-10,12,14H,2,5,8,11,13H2,1,3-4H3,(H,22,25,28). The number of amides is 1. The average Bonchev–Trinajstić information content (AvgIpc) is 3.39. The van der Waals surface area contributed by atoms with Gasteiger partial charge in [0.05, 0.1) is 12.9 Å². The van der Waals surface area contributed by atoms with Crippen LogP contribution in [0.15, 0.2) is 42.1 Å². The summed E-state index contributed by atoms with van der Waals surface area (Å²) in [6, 6.07) is 7.37. The van der Waals surface area contributed by atoms with Gasteiger partial charge in [-0.15, -0.1) is 27.0 Å². The van der Waals surface area contributed by atoms with E-state index < -0.39 is 0 Å². The molecule has 0 aliphatic carbocycles. The monoisotopic (exact) mass is 474 g/mol. The van der Waals surface area contributed by atoms with E-state index in [1.807, 2.05) is 35.8 Å². The zero-order chi connectivity index (χ0) is 22.9. The number of hydrogen-bond acceptors (Lipinski definition) is 9. The van der Waals surface area contributed by atoms with Gasteiger partial charge in [0, 0.05) is 19.0 Å². The Bertz CT molecular complexity index is 1050. The number of aromatic nitrogens is 5. The number of anilines is 1. The molecule has 0 saturated carbocycles. The molecule has 1 aromatic carbocycles. The van der Waals surface area contributed by atoms with Gasteiger partial charge in [0.25, 0.3) is 0 Å². The molecule has 0 bridgehead atoms. The number of carbonyl (C=O) groups is 1. The highest BCUT2D eigenvalue weighted by atomic mass is 32.2. The first kappa shape index (κ1) is 23.7. The average molecular weight is 475 g/mol. The molecule has 0 radical (unpaired) electrons. The molecule has 1 amide bonds. The highest BCUT2D eigenvalue weighted by Gasteiger charge is 2.20. The van der Waals surface area contributed by atoms with Crippen molar-refractivity contribution in [1.29, 1.82) is 0 Å². The largest absolute Gasteiger partial charge is 0.497 e. The molecule has 1 atom stereocenters. The third kappa shape index (κ3) is 6.30. The second-order valence-corrected chi connectivity index (χ2v) is 8.77. The van der Waals surface area contributed by atoms with Crippen LogP contribution in [0.3, 0.4) is 0 Å². The fourth-order valence-electron chi connectivity index (χ4n) is 2.84. The Morgan fingerprint density at radius 3 is 2.88 bits per heavy atom. The van der Waals surface area contributed by atoms with Crippen LogP contribution in [-0.2, 0) is 17.8 Å². The number of methoxy groups -OCH3 is 1. The van der Waals surface area contributed by atoms with Crippen molar-refractivity contribution in [2.24, 2.45) is 0 Å². The molecule has 2 heterocycles. The maximum Gasteiger partial charge on any atom is 0.236 e. The van der Waals surface area contributed by atoms with Crippen LogP contribution in [0.25, 0.3) is 0 Å². The van der Waals surface area contributed by atoms with E-state index in [9.17, 15) is 4.79 Å². The maximum atomic E-state index is 12.4. The Labute approximate surface area is 195 Å². The fraction of sp³-hybridized carbons (Fsp3) is 0.381. The summed E-state index contributed by atoms with van der Waals surface area (Å²) in [6.07, 6.45) is 3.23. The van der Waals surface area contributed by atoms with Crippen LogP contribution in [0.2, 0.25) is 0 Å². The number of thioether (sulfide) groups is 1. The molecule has 3 aromatic rings. The van der Waals surface area contributed by atoms with Gasteiger partial charge in [-0.25, -0.2) is 0 Å². The molecule has 9 nitrogen and oxygen atoms in total. The van der Waals surface area contributed by atoms with Crippen LogP contribution in [-0.4, -0.2) is 43.7 Å². The molecule has 3 rings (SSSR count). The van der Waals surface area contributed by atoms with Crippen LogP contribution >= 0.6 is 23.1 Å². The molecule has 0 spiro atoms. The predicted molar refractivity (Wildman–Crippen MR) is 126 cm³/mol. The maximum absolute atomic E-state index is 12.4. The van der Waals surface area contributed by atoms with E-state index in [2.05, 4.69) is 39.2 Å². The quantitative estimate of drug-likeness (QED) is 0.308. The number of ether oxygens (including phenoxy) is 2. The SMILES string of the molecule is C=CCn1c(SCC(=O)Nc2nnc(CCC)s2)nnc1C(C)Oc1cccc(OC)c1. The minimum Gasteiger partial charge on any atom is -0.497 e. The summed E-state index contributed by atoms with van der Waals surface area (Å²) in [5, 5.41) is 21.5. The van der Waals surface area contributed by atoms with E-state index in [0.29, 0.717) is 34.2 Å². The van der Waals surface area contributed by atoms with Gasteiger partial charge in [0.1, 0.15) is 16.5 Å². The van der Waals surface area contributed by atoms with E-state index in [0.717, 1.165) is 17.8 Å². The summed E-state index contributed by atoms with van der Waals surface area (Å²) in [4.78, 5) is 12.4. The third-order valence-corrected chi connectivity index (χ3v) is 6.15. The number of carbonyl (C=O) groups excluding carboxylic acids is 1. The molecular weight excluding hydrogens is 448 g/mol. The highest BCUT2D eigenvalue weighted by Crippen LogP contribution is 2.27. The second-order valence-electron chi connectivity index (χ2n) is 6.77. The van der Waals surface area contributed by atoms with Crippen molar-refractivity contribution in [3.05, 3.63) is 47.8 Å². The molecule has 0 fully saturated rings. The first-order valence-electron chi connectivity index (χ1n) is 10.1. The van der Waals surface area contributed by atoms with Gasteiger partial charge in [-0.2, -0.15) is 0 Å². The Morgan fingerprint density at radius 1 is 1.31 bits per heavy atom. The third-order valence-electron chi connectivity index (χ3n) is 4.28. The molecule has 0 aliphatic heterocycles. The molecular formula is C21H26N6O3S2. The zero-order valence-corrected chi connectivity index (χ0v) is 19.9. The Kier molecular flexibility index (Phi) is 8.63. The van der Waals surface area contributed by atoms with Gasteiger partial charge in [-0.1, -0.05) is 42.2 Å². The van der Waals surface area contributed by atoms with Crippen LogP contribution in [0.5, 0.6) is 11.5 Å². The van der Waals surface area contributed by atoms with E-state index in [4.69, 9.17) is 9.47 Å². The lowest BCUT2D eigenvalue weighted by Crippen LogP contribution is -2.15. The first-order valence-corrected chi connectivity index (χ1v) is 11.9. The van der Waals surface area contributed by atoms with Crippen molar-refractivity contribution >= 4 is 34.1 Å². The predicted octanol–water partition coefficient (Wildman–Crippen LogP) is 4.15. The summed E-state index contributed by atoms with van der Waals surface area (Å²) >= 11 is 2.69. The van der Waals surface area contributed by atoms with Crippen LogP contribution in [0, 0.1) is 0 Å². The van der Waals surface area contributed by atoms with Crippen molar-refractivity contribution in [3.63, 3.8) is 0 Å². The molecule has 1 N–H and O–H groups in total. The van der Waals surface area contributed by atoms with E-state index in [1.165, 1.54) is 23.1 Å². The summed E-state index contributed by atoms with van der Waals surface area (Å²) < 4.78 is 13.2. The molecule has 0 aliphatic rings. The summed E-state index contributed by atoms with van der Waals surface area (Å²) in [6.45, 7) is 8.28. The number of nitrogens with zero attached hydrogens (tertiary/aromatic N) is 5. The number of allylic oxidation sites excluding steroid dienone is 1. The second kappa shape index (κ2) is 11.6. The van der Waals surface area contributed by atoms with Crippen molar-refractivity contribution in [2.45, 2.75) is 44.5 Å². The lowest BCUT2D eigenvalue weighted by atomic mass is 10.3. The van der Waals surface area contributed by atoms with E-state index in [1.54, 1.807) is 13.2 Å². The number of nitrogens with one attached hydrogen (secondary N) is 1. The minimum atomic E-state index is -0.365. The van der Waals surface area contributed by atoms with Gasteiger partial charge < -0.3 is 9.47 Å². The van der Waals surface area contributed by atoms with Gasteiger partial charge >= 0.3 is 0 Å². The molecule has 170 valence electrons. The van der Waals surface area contributed by atoms with Gasteiger partial charge in [0.2, 0.25) is 11.0 Å². The smallest absolute Gasteiger partial charge is 0.236 e. The van der Waals surface area contributed by atoms with Gasteiger partial charge in [0.15, 0.2) is 17.1 Å². The Hall–Kier alpha value is -2.92. The number of benzene rings is 1.